The number of nitrogens with one attached hydrogen (secondary N) is 2. The molecule has 124 valence electrons. The summed E-state index contributed by atoms with van der Waals surface area (Å²) < 4.78 is 6.54. The molecule has 0 aliphatic carbocycles. The molecule has 0 fully saturated rings. The van der Waals surface area contributed by atoms with Gasteiger partial charge in [-0.25, -0.2) is 9.78 Å². The standard InChI is InChI=1S/C16H17N5O2S/c1-4-11(3)18-19-16-17-13(9-24-16)14-15(22)23-20-21(14)12-7-5-10(2)6-8-12/h5-9H,4H2,1-3H3,(H-,17,19,20,22)/p+1/b18-11+. The molecule has 0 saturated heterocycles. The average Bonchev–Trinajstić information content (AvgIpc) is 3.19. The highest BCUT2D eigenvalue weighted by molar-refractivity contribution is 7.14. The number of hydrazone groups is 1. The number of thiazole rings is 1. The van der Waals surface area contributed by atoms with E-state index in [4.69, 9.17) is 4.52 Å². The maximum absolute atomic E-state index is 12.1. The summed E-state index contributed by atoms with van der Waals surface area (Å²) in [4.78, 5) is 16.5. The van der Waals surface area contributed by atoms with Crippen LogP contribution in [0.5, 0.6) is 0 Å². The summed E-state index contributed by atoms with van der Waals surface area (Å²) >= 11 is 1.38. The molecule has 2 aromatic heterocycles. The second-order valence-electron chi connectivity index (χ2n) is 5.35. The van der Waals surface area contributed by atoms with Crippen molar-refractivity contribution in [1.82, 2.24) is 10.3 Å². The molecule has 0 atom stereocenters. The molecule has 0 unspecified atom stereocenters. The number of aromatic nitrogens is 3. The van der Waals surface area contributed by atoms with Crippen LogP contribution in [0.25, 0.3) is 17.1 Å². The Bertz CT molecular complexity index is 921. The Hall–Kier alpha value is -2.74. The normalized spacial score (nSPS) is 11.7. The minimum absolute atomic E-state index is 0.347. The number of anilines is 1. The molecular weight excluding hydrogens is 326 g/mol. The van der Waals surface area contributed by atoms with Crippen LogP contribution in [0, 0.1) is 6.92 Å². The molecule has 1 aromatic carbocycles. The van der Waals surface area contributed by atoms with Crippen molar-refractivity contribution in [3.63, 3.8) is 0 Å². The van der Waals surface area contributed by atoms with Gasteiger partial charge in [0.25, 0.3) is 0 Å². The molecule has 0 amide bonds. The smallest absolute Gasteiger partial charge is 0.282 e. The first-order chi connectivity index (χ1) is 11.6. The molecule has 0 spiro atoms. The maximum atomic E-state index is 12.1. The number of hydrogen-bond donors (Lipinski definition) is 2. The van der Waals surface area contributed by atoms with Crippen LogP contribution in [0.2, 0.25) is 0 Å². The molecule has 7 nitrogen and oxygen atoms in total. The van der Waals surface area contributed by atoms with Crippen molar-refractivity contribution in [3.05, 3.63) is 45.6 Å². The lowest BCUT2D eigenvalue weighted by molar-refractivity contribution is -0.660. The Morgan fingerprint density at radius 2 is 2.17 bits per heavy atom. The topological polar surface area (TPSA) is 87.2 Å². The van der Waals surface area contributed by atoms with Crippen molar-refractivity contribution in [1.29, 1.82) is 0 Å². The molecule has 0 bridgehead atoms. The molecule has 3 aromatic rings. The molecule has 2 N–H and O–H groups in total. The predicted octanol–water partition coefficient (Wildman–Crippen LogP) is 2.87. The van der Waals surface area contributed by atoms with Crippen LogP contribution in [-0.4, -0.2) is 16.0 Å². The first kappa shape index (κ1) is 16.1. The van der Waals surface area contributed by atoms with Gasteiger partial charge in [-0.1, -0.05) is 24.6 Å². The fraction of sp³-hybridized carbons (Fsp3) is 0.250. The summed E-state index contributed by atoms with van der Waals surface area (Å²) in [6, 6.07) is 7.75. The largest absolute Gasteiger partial charge is 0.437 e. The second-order valence-corrected chi connectivity index (χ2v) is 6.21. The molecule has 0 aliphatic rings. The minimum atomic E-state index is -0.472. The van der Waals surface area contributed by atoms with Crippen LogP contribution in [0.4, 0.5) is 5.13 Å². The number of nitrogens with zero attached hydrogens (tertiary/aromatic N) is 3. The van der Waals surface area contributed by atoms with E-state index in [1.54, 1.807) is 10.1 Å². The Morgan fingerprint density at radius 1 is 1.42 bits per heavy atom. The number of benzene rings is 1. The lowest BCUT2D eigenvalue weighted by atomic mass is 10.2. The zero-order valence-electron chi connectivity index (χ0n) is 13.7. The molecular formula is C16H18N5O2S+. The van der Waals surface area contributed by atoms with Gasteiger partial charge in [0.2, 0.25) is 10.8 Å². The number of hydrogen-bond acceptors (Lipinski definition) is 6. The predicted molar refractivity (Wildman–Crippen MR) is 93.7 cm³/mol. The van der Waals surface area contributed by atoms with Crippen molar-refractivity contribution in [2.75, 3.05) is 5.43 Å². The summed E-state index contributed by atoms with van der Waals surface area (Å²) in [7, 11) is 0. The highest BCUT2D eigenvalue weighted by Crippen LogP contribution is 2.21. The van der Waals surface area contributed by atoms with Crippen molar-refractivity contribution >= 4 is 22.2 Å². The molecule has 24 heavy (non-hydrogen) atoms. The van der Waals surface area contributed by atoms with Gasteiger partial charge < -0.3 is 0 Å². The minimum Gasteiger partial charge on any atom is -0.282 e. The zero-order valence-corrected chi connectivity index (χ0v) is 14.5. The third-order valence-electron chi connectivity index (χ3n) is 3.54. The van der Waals surface area contributed by atoms with Crippen molar-refractivity contribution in [3.8, 4) is 17.1 Å². The van der Waals surface area contributed by atoms with Crippen LogP contribution in [0.3, 0.4) is 0 Å². The number of H-pyrrole nitrogens is 1. The summed E-state index contributed by atoms with van der Waals surface area (Å²) in [6.45, 7) is 5.97. The van der Waals surface area contributed by atoms with Crippen molar-refractivity contribution < 1.29 is 9.20 Å². The molecule has 0 saturated carbocycles. The van der Waals surface area contributed by atoms with Gasteiger partial charge >= 0.3 is 11.3 Å². The third-order valence-corrected chi connectivity index (χ3v) is 4.29. The van der Waals surface area contributed by atoms with E-state index >= 15 is 0 Å². The van der Waals surface area contributed by atoms with Gasteiger partial charge in [0.05, 0.1) is 0 Å². The van der Waals surface area contributed by atoms with E-state index in [1.807, 2.05) is 45.0 Å². The van der Waals surface area contributed by atoms with E-state index in [0.29, 0.717) is 16.5 Å². The van der Waals surface area contributed by atoms with Crippen LogP contribution in [0.15, 0.2) is 44.1 Å². The maximum Gasteiger partial charge on any atom is 0.437 e. The van der Waals surface area contributed by atoms with E-state index in [9.17, 15) is 4.79 Å². The summed E-state index contributed by atoms with van der Waals surface area (Å²) in [5.74, 6) is 0. The SMILES string of the molecule is CC/C(C)=N/Nc1nc(-c2c(=O)o[nH][n+]2-c2ccc(C)cc2)cs1. The fourth-order valence-electron chi connectivity index (χ4n) is 2.02. The highest BCUT2D eigenvalue weighted by Gasteiger charge is 2.27. The van der Waals surface area contributed by atoms with E-state index in [2.05, 4.69) is 20.8 Å². The van der Waals surface area contributed by atoms with E-state index < -0.39 is 5.63 Å². The lowest BCUT2D eigenvalue weighted by Crippen LogP contribution is -2.36. The molecule has 2 heterocycles. The molecule has 0 radical (unpaired) electrons. The van der Waals surface area contributed by atoms with Gasteiger partial charge in [-0.2, -0.15) is 5.10 Å². The van der Waals surface area contributed by atoms with Gasteiger partial charge in [-0.15, -0.1) is 11.3 Å². The number of rotatable bonds is 5. The zero-order chi connectivity index (χ0) is 17.1. The average molecular weight is 344 g/mol. The number of aromatic amines is 1. The summed E-state index contributed by atoms with van der Waals surface area (Å²) in [5, 5.41) is 9.26. The first-order valence-electron chi connectivity index (χ1n) is 7.54. The fourth-order valence-corrected chi connectivity index (χ4v) is 2.66. The van der Waals surface area contributed by atoms with Gasteiger partial charge in [0.1, 0.15) is 0 Å². The molecule has 3 rings (SSSR count). The molecule has 8 heteroatoms. The Labute approximate surface area is 142 Å². The monoisotopic (exact) mass is 344 g/mol. The van der Waals surface area contributed by atoms with Crippen LogP contribution >= 0.6 is 11.3 Å². The van der Waals surface area contributed by atoms with Crippen molar-refractivity contribution in [2.24, 2.45) is 5.10 Å². The highest BCUT2D eigenvalue weighted by atomic mass is 32.1. The van der Waals surface area contributed by atoms with E-state index in [0.717, 1.165) is 23.4 Å². The third kappa shape index (κ3) is 3.28. The lowest BCUT2D eigenvalue weighted by Gasteiger charge is -1.96. The Morgan fingerprint density at radius 3 is 2.88 bits per heavy atom. The van der Waals surface area contributed by atoms with Crippen molar-refractivity contribution in [2.45, 2.75) is 27.2 Å². The van der Waals surface area contributed by atoms with Gasteiger partial charge in [-0.05, 0) is 30.2 Å². The number of aryl methyl sites for hydroxylation is 1. The van der Waals surface area contributed by atoms with Crippen LogP contribution in [-0.2, 0) is 0 Å². The Balaban J connectivity index is 1.96. The first-order valence-corrected chi connectivity index (χ1v) is 8.42. The summed E-state index contributed by atoms with van der Waals surface area (Å²) in [6.07, 6.45) is 0.861. The molecule has 0 aliphatic heterocycles. The van der Waals surface area contributed by atoms with E-state index in [-0.39, 0.29) is 0 Å². The van der Waals surface area contributed by atoms with Crippen LogP contribution < -0.4 is 15.7 Å². The summed E-state index contributed by atoms with van der Waals surface area (Å²) in [5.41, 5.74) is 6.22. The quantitative estimate of drug-likeness (QED) is 0.423. The Kier molecular flexibility index (Phi) is 4.57. The van der Waals surface area contributed by atoms with E-state index in [1.165, 1.54) is 11.3 Å². The van der Waals surface area contributed by atoms with Crippen LogP contribution in [0.1, 0.15) is 25.8 Å². The van der Waals surface area contributed by atoms with Gasteiger partial charge in [-0.3, -0.25) is 9.95 Å². The van der Waals surface area contributed by atoms with Gasteiger partial charge in [0.15, 0.2) is 5.69 Å². The second kappa shape index (κ2) is 6.79. The van der Waals surface area contributed by atoms with Gasteiger partial charge in [0, 0.05) is 23.2 Å².